The van der Waals surface area contributed by atoms with Crippen molar-refractivity contribution in [3.63, 3.8) is 0 Å². The number of nitrogens with one attached hydrogen (secondary N) is 1. The summed E-state index contributed by atoms with van der Waals surface area (Å²) >= 11 is 3.54. The van der Waals surface area contributed by atoms with E-state index in [1.54, 1.807) is 0 Å². The first-order valence-electron chi connectivity index (χ1n) is 7.38. The third kappa shape index (κ3) is 6.84. The Balaban J connectivity index is 2.51. The van der Waals surface area contributed by atoms with Crippen LogP contribution in [0.4, 0.5) is 0 Å². The van der Waals surface area contributed by atoms with Crippen LogP contribution in [0.1, 0.15) is 38.3 Å². The van der Waals surface area contributed by atoms with Crippen LogP contribution in [0.3, 0.4) is 0 Å². The number of nitrogens with zero attached hydrogens (tertiary/aromatic N) is 1. The van der Waals surface area contributed by atoms with E-state index in [1.807, 2.05) is 6.92 Å². The molecule has 1 rings (SSSR count). The minimum Gasteiger partial charge on any atom is -0.393 e. The van der Waals surface area contributed by atoms with Crippen molar-refractivity contribution in [3.05, 3.63) is 34.3 Å². The molecular weight excluding hydrogens is 316 g/mol. The largest absolute Gasteiger partial charge is 0.393 e. The molecule has 0 heterocycles. The third-order valence-electron chi connectivity index (χ3n) is 3.43. The summed E-state index contributed by atoms with van der Waals surface area (Å²) in [7, 11) is 2.12. The van der Waals surface area contributed by atoms with Crippen molar-refractivity contribution in [2.45, 2.75) is 38.8 Å². The Morgan fingerprint density at radius 1 is 1.30 bits per heavy atom. The molecule has 0 bridgehead atoms. The van der Waals surface area contributed by atoms with Gasteiger partial charge >= 0.3 is 0 Å². The van der Waals surface area contributed by atoms with Crippen LogP contribution in [-0.4, -0.2) is 42.8 Å². The number of aliphatic hydroxyl groups excluding tert-OH is 1. The maximum Gasteiger partial charge on any atom is 0.0524 e. The van der Waals surface area contributed by atoms with Crippen molar-refractivity contribution in [2.24, 2.45) is 0 Å². The highest BCUT2D eigenvalue weighted by molar-refractivity contribution is 9.10. The van der Waals surface area contributed by atoms with E-state index in [4.69, 9.17) is 0 Å². The fraction of sp³-hybridized carbons (Fsp3) is 0.625. The standard InChI is InChI=1S/C16H27BrN2O/c1-4-18-16(14-6-5-7-15(17)12-14)9-11-19(3)10-8-13(2)20/h5-7,12-13,16,18,20H,4,8-11H2,1-3H3. The van der Waals surface area contributed by atoms with Crippen LogP contribution < -0.4 is 5.32 Å². The SMILES string of the molecule is CCNC(CCN(C)CCC(C)O)c1cccc(Br)c1. The van der Waals surface area contributed by atoms with E-state index < -0.39 is 0 Å². The fourth-order valence-electron chi connectivity index (χ4n) is 2.22. The molecule has 20 heavy (non-hydrogen) atoms. The smallest absolute Gasteiger partial charge is 0.0524 e. The summed E-state index contributed by atoms with van der Waals surface area (Å²) in [6, 6.07) is 8.88. The van der Waals surface area contributed by atoms with Gasteiger partial charge in [0.1, 0.15) is 0 Å². The lowest BCUT2D eigenvalue weighted by Crippen LogP contribution is -2.28. The molecule has 0 fully saturated rings. The first-order chi connectivity index (χ1) is 9.52. The van der Waals surface area contributed by atoms with Gasteiger partial charge < -0.3 is 15.3 Å². The van der Waals surface area contributed by atoms with Gasteiger partial charge in [-0.3, -0.25) is 0 Å². The van der Waals surface area contributed by atoms with Gasteiger partial charge in [-0.15, -0.1) is 0 Å². The normalized spacial score (nSPS) is 14.5. The van der Waals surface area contributed by atoms with Gasteiger partial charge in [-0.05, 0) is 57.6 Å². The zero-order valence-electron chi connectivity index (χ0n) is 12.8. The summed E-state index contributed by atoms with van der Waals surface area (Å²) in [5, 5.41) is 12.9. The molecule has 1 aromatic rings. The maximum absolute atomic E-state index is 9.33. The molecule has 0 aliphatic rings. The first-order valence-corrected chi connectivity index (χ1v) is 8.17. The Labute approximate surface area is 131 Å². The van der Waals surface area contributed by atoms with Crippen LogP contribution in [0.25, 0.3) is 0 Å². The van der Waals surface area contributed by atoms with Crippen molar-refractivity contribution in [1.82, 2.24) is 10.2 Å². The summed E-state index contributed by atoms with van der Waals surface area (Å²) in [5.41, 5.74) is 1.32. The van der Waals surface area contributed by atoms with E-state index in [1.165, 1.54) is 5.56 Å². The Bertz CT molecular complexity index is 384. The molecule has 2 unspecified atom stereocenters. The van der Waals surface area contributed by atoms with Gasteiger partial charge in [0.05, 0.1) is 6.10 Å². The summed E-state index contributed by atoms with van der Waals surface area (Å²) in [4.78, 5) is 2.29. The second-order valence-electron chi connectivity index (χ2n) is 5.39. The second kappa shape index (κ2) is 9.50. The zero-order chi connectivity index (χ0) is 15.0. The summed E-state index contributed by atoms with van der Waals surface area (Å²) in [6.07, 6.45) is 1.69. The molecule has 1 aromatic carbocycles. The topological polar surface area (TPSA) is 35.5 Å². The van der Waals surface area contributed by atoms with Crippen LogP contribution in [-0.2, 0) is 0 Å². The predicted octanol–water partition coefficient (Wildman–Crippen LogP) is 3.19. The van der Waals surface area contributed by atoms with E-state index in [2.05, 4.69) is 64.4 Å². The van der Waals surface area contributed by atoms with Gasteiger partial charge in [-0.1, -0.05) is 35.0 Å². The van der Waals surface area contributed by atoms with Crippen LogP contribution in [0, 0.1) is 0 Å². The minimum atomic E-state index is -0.216. The average molecular weight is 343 g/mol. The van der Waals surface area contributed by atoms with E-state index in [0.29, 0.717) is 6.04 Å². The molecule has 0 saturated heterocycles. The van der Waals surface area contributed by atoms with Crippen molar-refractivity contribution in [3.8, 4) is 0 Å². The second-order valence-corrected chi connectivity index (χ2v) is 6.31. The number of hydrogen-bond donors (Lipinski definition) is 2. The zero-order valence-corrected chi connectivity index (χ0v) is 14.4. The Hall–Kier alpha value is -0.420. The van der Waals surface area contributed by atoms with Crippen molar-refractivity contribution in [2.75, 3.05) is 26.7 Å². The van der Waals surface area contributed by atoms with E-state index in [-0.39, 0.29) is 6.10 Å². The molecule has 0 radical (unpaired) electrons. The predicted molar refractivity (Wildman–Crippen MR) is 89.0 cm³/mol. The van der Waals surface area contributed by atoms with E-state index in [9.17, 15) is 5.11 Å². The number of benzene rings is 1. The van der Waals surface area contributed by atoms with Crippen LogP contribution in [0.2, 0.25) is 0 Å². The van der Waals surface area contributed by atoms with Gasteiger partial charge in [0, 0.05) is 17.1 Å². The molecular formula is C16H27BrN2O. The summed E-state index contributed by atoms with van der Waals surface area (Å²) < 4.78 is 1.13. The molecule has 2 N–H and O–H groups in total. The Morgan fingerprint density at radius 2 is 2.00 bits per heavy atom. The number of hydrogen-bond acceptors (Lipinski definition) is 3. The van der Waals surface area contributed by atoms with Gasteiger partial charge in [0.25, 0.3) is 0 Å². The monoisotopic (exact) mass is 342 g/mol. The summed E-state index contributed by atoms with van der Waals surface area (Å²) in [5.74, 6) is 0. The van der Waals surface area contributed by atoms with Crippen LogP contribution >= 0.6 is 15.9 Å². The molecule has 2 atom stereocenters. The lowest BCUT2D eigenvalue weighted by molar-refractivity contribution is 0.163. The molecule has 0 saturated carbocycles. The van der Waals surface area contributed by atoms with Gasteiger partial charge in [-0.25, -0.2) is 0 Å². The molecule has 4 heteroatoms. The fourth-order valence-corrected chi connectivity index (χ4v) is 2.64. The maximum atomic E-state index is 9.33. The van der Waals surface area contributed by atoms with Gasteiger partial charge in [-0.2, -0.15) is 0 Å². The quantitative estimate of drug-likeness (QED) is 0.723. The highest BCUT2D eigenvalue weighted by Gasteiger charge is 2.12. The lowest BCUT2D eigenvalue weighted by atomic mass is 10.0. The molecule has 3 nitrogen and oxygen atoms in total. The first kappa shape index (κ1) is 17.6. The number of halogens is 1. The molecule has 0 aliphatic heterocycles. The van der Waals surface area contributed by atoms with Gasteiger partial charge in [0.2, 0.25) is 0 Å². The van der Waals surface area contributed by atoms with Crippen molar-refractivity contribution < 1.29 is 5.11 Å². The van der Waals surface area contributed by atoms with Gasteiger partial charge in [0.15, 0.2) is 0 Å². The minimum absolute atomic E-state index is 0.216. The third-order valence-corrected chi connectivity index (χ3v) is 3.92. The molecule has 0 aromatic heterocycles. The highest BCUT2D eigenvalue weighted by atomic mass is 79.9. The number of aliphatic hydroxyl groups is 1. The Morgan fingerprint density at radius 3 is 2.60 bits per heavy atom. The highest BCUT2D eigenvalue weighted by Crippen LogP contribution is 2.21. The molecule has 0 spiro atoms. The van der Waals surface area contributed by atoms with E-state index >= 15 is 0 Å². The van der Waals surface area contributed by atoms with Crippen LogP contribution in [0.15, 0.2) is 28.7 Å². The molecule has 0 amide bonds. The number of rotatable bonds is 9. The Kier molecular flexibility index (Phi) is 8.38. The molecule has 114 valence electrons. The van der Waals surface area contributed by atoms with Crippen molar-refractivity contribution in [1.29, 1.82) is 0 Å². The van der Waals surface area contributed by atoms with Crippen molar-refractivity contribution >= 4 is 15.9 Å². The van der Waals surface area contributed by atoms with E-state index in [0.717, 1.165) is 36.9 Å². The summed E-state index contributed by atoms with van der Waals surface area (Å²) in [6.45, 7) is 6.92. The molecule has 0 aliphatic carbocycles. The lowest BCUT2D eigenvalue weighted by Gasteiger charge is -2.23. The van der Waals surface area contributed by atoms with Crippen LogP contribution in [0.5, 0.6) is 0 Å². The average Bonchev–Trinajstić information content (AvgIpc) is 2.41.